The van der Waals surface area contributed by atoms with Crippen LogP contribution in [0.5, 0.6) is 0 Å². The normalized spacial score (nSPS) is 16.8. The Hall–Kier alpha value is -3.31. The van der Waals surface area contributed by atoms with Gasteiger partial charge in [0.05, 0.1) is 18.3 Å². The molecule has 1 N–H and O–H groups in total. The van der Waals surface area contributed by atoms with Gasteiger partial charge in [0.1, 0.15) is 5.00 Å². The van der Waals surface area contributed by atoms with Gasteiger partial charge >= 0.3 is 6.03 Å². The van der Waals surface area contributed by atoms with E-state index in [-0.39, 0.29) is 12.1 Å². The third-order valence-corrected chi connectivity index (χ3v) is 9.01. The average molecular weight is 482 g/mol. The Morgan fingerprint density at radius 3 is 2.57 bits per heavy atom. The van der Waals surface area contributed by atoms with Crippen molar-refractivity contribution < 1.29 is 4.79 Å². The van der Waals surface area contributed by atoms with Crippen LogP contribution in [0.15, 0.2) is 60.8 Å². The number of carbonyl (C=O) groups excluding carboxylic acids is 1. The van der Waals surface area contributed by atoms with Gasteiger partial charge in [0.15, 0.2) is 0 Å². The van der Waals surface area contributed by atoms with Crippen LogP contribution in [0, 0.1) is 20.8 Å². The number of urea groups is 1. The lowest BCUT2D eigenvalue weighted by molar-refractivity contribution is 0.194. The average Bonchev–Trinajstić information content (AvgIpc) is 3.45. The Kier molecular flexibility index (Phi) is 5.53. The zero-order valence-electron chi connectivity index (χ0n) is 20.6. The summed E-state index contributed by atoms with van der Waals surface area (Å²) in [6, 6.07) is 18.8. The number of anilines is 1. The number of thiophene rings is 1. The number of amides is 2. The molecule has 4 nitrogen and oxygen atoms in total. The minimum absolute atomic E-state index is 0.0550. The van der Waals surface area contributed by atoms with Crippen LogP contribution in [0.4, 0.5) is 10.5 Å². The molecule has 6 rings (SSSR count). The van der Waals surface area contributed by atoms with Crippen molar-refractivity contribution in [2.45, 2.75) is 59.0 Å². The Labute approximate surface area is 211 Å². The Morgan fingerprint density at radius 2 is 1.74 bits per heavy atom. The molecule has 5 heteroatoms. The fourth-order valence-electron chi connectivity index (χ4n) is 5.56. The molecule has 1 aliphatic carbocycles. The van der Waals surface area contributed by atoms with E-state index >= 15 is 0 Å². The summed E-state index contributed by atoms with van der Waals surface area (Å²) >= 11 is 1.92. The van der Waals surface area contributed by atoms with E-state index < -0.39 is 0 Å². The van der Waals surface area contributed by atoms with Crippen LogP contribution in [-0.2, 0) is 19.4 Å². The number of fused-ring (bicyclic) bond motifs is 5. The highest BCUT2D eigenvalue weighted by molar-refractivity contribution is 7.15. The van der Waals surface area contributed by atoms with Crippen molar-refractivity contribution in [1.29, 1.82) is 0 Å². The fraction of sp³-hybridized carbons (Fsp3) is 0.300. The van der Waals surface area contributed by atoms with Gasteiger partial charge in [0.2, 0.25) is 0 Å². The molecule has 0 spiro atoms. The largest absolute Gasteiger partial charge is 0.322 e. The summed E-state index contributed by atoms with van der Waals surface area (Å²) in [6.07, 6.45) is 6.92. The second-order valence-electron chi connectivity index (χ2n) is 9.92. The van der Waals surface area contributed by atoms with Crippen molar-refractivity contribution in [2.75, 3.05) is 5.32 Å². The molecular formula is C30H31N3OS. The molecule has 35 heavy (non-hydrogen) atoms. The van der Waals surface area contributed by atoms with Crippen LogP contribution >= 0.6 is 11.3 Å². The number of hydrogen-bond donors (Lipinski definition) is 1. The second kappa shape index (κ2) is 8.72. The molecular weight excluding hydrogens is 450 g/mol. The van der Waals surface area contributed by atoms with Gasteiger partial charge in [-0.25, -0.2) is 4.79 Å². The van der Waals surface area contributed by atoms with Crippen LogP contribution in [0.1, 0.15) is 62.8 Å². The van der Waals surface area contributed by atoms with Crippen LogP contribution in [-0.4, -0.2) is 15.5 Å². The Balaban J connectivity index is 1.50. The number of hydrogen-bond acceptors (Lipinski definition) is 2. The van der Waals surface area contributed by atoms with E-state index in [0.29, 0.717) is 6.54 Å². The summed E-state index contributed by atoms with van der Waals surface area (Å²) in [7, 11) is 0. The van der Waals surface area contributed by atoms with E-state index in [0.717, 1.165) is 35.3 Å². The first-order valence-electron chi connectivity index (χ1n) is 12.5. The summed E-state index contributed by atoms with van der Waals surface area (Å²) in [5, 5.41) is 4.55. The van der Waals surface area contributed by atoms with Gasteiger partial charge in [-0.2, -0.15) is 0 Å². The lowest BCUT2D eigenvalue weighted by atomic mass is 9.95. The number of rotatable bonds is 2. The first-order valence-corrected chi connectivity index (χ1v) is 13.3. The van der Waals surface area contributed by atoms with Gasteiger partial charge in [-0.15, -0.1) is 11.3 Å². The molecule has 0 saturated carbocycles. The maximum Gasteiger partial charge on any atom is 0.322 e. The SMILES string of the molecule is Cc1ccc([C@H]2c3cccn3-c3sc4c(c3CN2C(=O)Nc2cccc(C)c2C)CCCC4)cc1. The van der Waals surface area contributed by atoms with Crippen LogP contribution < -0.4 is 5.32 Å². The van der Waals surface area contributed by atoms with Crippen LogP contribution in [0.3, 0.4) is 0 Å². The van der Waals surface area contributed by atoms with Crippen molar-refractivity contribution in [3.63, 3.8) is 0 Å². The highest BCUT2D eigenvalue weighted by atomic mass is 32.1. The molecule has 0 bridgehead atoms. The highest BCUT2D eigenvalue weighted by Crippen LogP contribution is 2.44. The molecule has 2 aliphatic rings. The third kappa shape index (κ3) is 3.79. The summed E-state index contributed by atoms with van der Waals surface area (Å²) in [5.41, 5.74) is 9.47. The summed E-state index contributed by atoms with van der Waals surface area (Å²) in [5.74, 6) is 0. The van der Waals surface area contributed by atoms with E-state index in [1.54, 1.807) is 0 Å². The van der Waals surface area contributed by atoms with E-state index in [4.69, 9.17) is 0 Å². The van der Waals surface area contributed by atoms with E-state index in [2.05, 4.69) is 79.3 Å². The second-order valence-corrected chi connectivity index (χ2v) is 11.0. The number of carbonyl (C=O) groups is 1. The summed E-state index contributed by atoms with van der Waals surface area (Å²) in [4.78, 5) is 17.6. The zero-order valence-corrected chi connectivity index (χ0v) is 21.4. The molecule has 2 aromatic carbocycles. The molecule has 0 unspecified atom stereocenters. The maximum atomic E-state index is 14.1. The zero-order chi connectivity index (χ0) is 24.1. The van der Waals surface area contributed by atoms with Crippen molar-refractivity contribution in [2.24, 2.45) is 0 Å². The standard InChI is InChI=1S/C30H31N3OS/c1-19-13-15-22(16-14-19)28-26-11-7-17-32(26)29-24(23-9-4-5-12-27(23)35-29)18-33(28)30(34)31-25-10-6-8-20(2)21(25)3/h6-8,10-11,13-17,28H,4-5,9,12,18H2,1-3H3,(H,31,34)/t28-/m0/s1. The lowest BCUT2D eigenvalue weighted by Gasteiger charge is -2.32. The minimum atomic E-state index is -0.172. The van der Waals surface area contributed by atoms with Gasteiger partial charge in [0.25, 0.3) is 0 Å². The van der Waals surface area contributed by atoms with Crippen molar-refractivity contribution >= 4 is 23.1 Å². The first-order chi connectivity index (χ1) is 17.0. The number of nitrogens with zero attached hydrogens (tertiary/aromatic N) is 2. The first kappa shape index (κ1) is 22.2. The number of nitrogens with one attached hydrogen (secondary N) is 1. The Bertz CT molecular complexity index is 1410. The molecule has 0 radical (unpaired) electrons. The van der Waals surface area contributed by atoms with Crippen molar-refractivity contribution in [3.8, 4) is 5.00 Å². The topological polar surface area (TPSA) is 37.3 Å². The summed E-state index contributed by atoms with van der Waals surface area (Å²) < 4.78 is 2.34. The molecule has 1 atom stereocenters. The molecule has 2 amide bonds. The van der Waals surface area contributed by atoms with E-state index in [9.17, 15) is 4.79 Å². The molecule has 0 fully saturated rings. The lowest BCUT2D eigenvalue weighted by Crippen LogP contribution is -2.38. The van der Waals surface area contributed by atoms with Gasteiger partial charge in [0, 0.05) is 22.3 Å². The number of aryl methyl sites for hydroxylation is 3. The van der Waals surface area contributed by atoms with Gasteiger partial charge in [-0.05, 0) is 86.9 Å². The van der Waals surface area contributed by atoms with E-state index in [1.807, 2.05) is 28.4 Å². The maximum absolute atomic E-state index is 14.1. The quantitative estimate of drug-likeness (QED) is 0.317. The van der Waals surface area contributed by atoms with E-state index in [1.165, 1.54) is 45.0 Å². The smallest absolute Gasteiger partial charge is 0.310 e. The predicted molar refractivity (Wildman–Crippen MR) is 144 cm³/mol. The predicted octanol–water partition coefficient (Wildman–Crippen LogP) is 7.48. The monoisotopic (exact) mass is 481 g/mol. The number of benzene rings is 2. The number of aromatic nitrogens is 1. The Morgan fingerprint density at radius 1 is 0.943 bits per heavy atom. The molecule has 0 saturated heterocycles. The highest BCUT2D eigenvalue weighted by Gasteiger charge is 2.36. The van der Waals surface area contributed by atoms with Crippen LogP contribution in [0.25, 0.3) is 5.00 Å². The molecule has 2 aromatic heterocycles. The molecule has 3 heterocycles. The fourth-order valence-corrected chi connectivity index (χ4v) is 6.96. The van der Waals surface area contributed by atoms with Gasteiger partial charge in [-0.1, -0.05) is 42.0 Å². The van der Waals surface area contributed by atoms with Crippen molar-refractivity contribution in [3.05, 3.63) is 105 Å². The molecule has 178 valence electrons. The molecule has 4 aromatic rings. The summed E-state index contributed by atoms with van der Waals surface area (Å²) in [6.45, 7) is 6.87. The molecule has 1 aliphatic heterocycles. The van der Waals surface area contributed by atoms with Crippen LogP contribution in [0.2, 0.25) is 0 Å². The van der Waals surface area contributed by atoms with Gasteiger partial charge in [-0.3, -0.25) is 0 Å². The van der Waals surface area contributed by atoms with Crippen molar-refractivity contribution in [1.82, 2.24) is 9.47 Å². The third-order valence-electron chi connectivity index (χ3n) is 7.68. The van der Waals surface area contributed by atoms with Gasteiger partial charge < -0.3 is 14.8 Å². The minimum Gasteiger partial charge on any atom is -0.310 e.